The third-order valence-corrected chi connectivity index (χ3v) is 6.99. The fourth-order valence-electron chi connectivity index (χ4n) is 3.23. The van der Waals surface area contributed by atoms with E-state index in [4.69, 9.17) is 0 Å². The topological polar surface area (TPSA) is 81.4 Å². The molecule has 2 aromatic carbocycles. The summed E-state index contributed by atoms with van der Waals surface area (Å²) in [5, 5.41) is 0.182. The number of fused-ring (bicyclic) bond motifs is 1. The van der Waals surface area contributed by atoms with Gasteiger partial charge in [0.2, 0.25) is 0 Å². The van der Waals surface area contributed by atoms with Gasteiger partial charge >= 0.3 is 5.69 Å². The maximum Gasteiger partial charge on any atom is 0.330 e. The molecule has 0 aliphatic carbocycles. The first-order valence-electron chi connectivity index (χ1n) is 8.89. The molecule has 3 rings (SSSR count). The number of aromatic nitrogens is 2. The van der Waals surface area contributed by atoms with Crippen LogP contribution < -0.4 is 15.6 Å². The summed E-state index contributed by atoms with van der Waals surface area (Å²) in [6.45, 7) is 5.90. The van der Waals surface area contributed by atoms with Crippen LogP contribution in [0.1, 0.15) is 18.1 Å². The molecule has 148 valence electrons. The number of anilines is 1. The minimum absolute atomic E-state index is 0.0100. The van der Waals surface area contributed by atoms with Crippen LogP contribution in [0.5, 0.6) is 0 Å². The van der Waals surface area contributed by atoms with Crippen LogP contribution in [-0.4, -0.2) is 24.1 Å². The van der Waals surface area contributed by atoms with Gasteiger partial charge in [0.25, 0.3) is 15.6 Å². The predicted molar refractivity (Wildman–Crippen MR) is 111 cm³/mol. The average molecular weight is 401 g/mol. The third kappa shape index (κ3) is 3.03. The van der Waals surface area contributed by atoms with E-state index in [-0.39, 0.29) is 16.8 Å². The quantitative estimate of drug-likeness (QED) is 0.670. The maximum absolute atomic E-state index is 13.3. The van der Waals surface area contributed by atoms with Crippen LogP contribution in [0.3, 0.4) is 0 Å². The van der Waals surface area contributed by atoms with Crippen molar-refractivity contribution >= 4 is 26.6 Å². The van der Waals surface area contributed by atoms with Gasteiger partial charge in [-0.25, -0.2) is 13.2 Å². The molecule has 0 N–H and O–H groups in total. The molecule has 0 atom stereocenters. The second-order valence-electron chi connectivity index (χ2n) is 6.82. The first-order valence-corrected chi connectivity index (χ1v) is 10.3. The summed E-state index contributed by atoms with van der Waals surface area (Å²) < 4.78 is 30.2. The van der Waals surface area contributed by atoms with Crippen LogP contribution in [0, 0.1) is 13.8 Å². The number of sulfonamides is 1. The number of hydrogen-bond donors (Lipinski definition) is 0. The average Bonchev–Trinajstić information content (AvgIpc) is 2.67. The molecule has 8 heteroatoms. The van der Waals surface area contributed by atoms with Crippen molar-refractivity contribution in [2.75, 3.05) is 10.8 Å². The van der Waals surface area contributed by atoms with E-state index >= 15 is 0 Å². The molecule has 0 unspecified atom stereocenters. The van der Waals surface area contributed by atoms with E-state index in [1.807, 2.05) is 26.0 Å². The molecule has 1 aromatic heterocycles. The van der Waals surface area contributed by atoms with E-state index < -0.39 is 21.3 Å². The zero-order chi connectivity index (χ0) is 20.8. The Morgan fingerprint density at radius 3 is 2.21 bits per heavy atom. The van der Waals surface area contributed by atoms with E-state index in [0.29, 0.717) is 11.2 Å². The highest BCUT2D eigenvalue weighted by molar-refractivity contribution is 7.92. The molecule has 0 saturated carbocycles. The summed E-state index contributed by atoms with van der Waals surface area (Å²) >= 11 is 0. The molecule has 0 bridgehead atoms. The van der Waals surface area contributed by atoms with Crippen molar-refractivity contribution in [3.05, 3.63) is 68.4 Å². The van der Waals surface area contributed by atoms with Crippen molar-refractivity contribution in [2.24, 2.45) is 14.1 Å². The predicted octanol–water partition coefficient (Wildman–Crippen LogP) is 2.07. The lowest BCUT2D eigenvalue weighted by atomic mass is 10.1. The van der Waals surface area contributed by atoms with E-state index in [2.05, 4.69) is 0 Å². The lowest BCUT2D eigenvalue weighted by Crippen LogP contribution is -2.37. The number of aryl methyl sites for hydroxylation is 3. The monoisotopic (exact) mass is 401 g/mol. The molecule has 28 heavy (non-hydrogen) atoms. The molecular formula is C20H23N3O4S. The van der Waals surface area contributed by atoms with E-state index in [0.717, 1.165) is 15.7 Å². The molecule has 0 spiro atoms. The highest BCUT2D eigenvalue weighted by Gasteiger charge is 2.25. The molecular weight excluding hydrogens is 378 g/mol. The Bertz CT molecular complexity index is 1300. The SMILES string of the molecule is CCN(c1ccc(C)c(C)c1)S(=O)(=O)c1ccc2c(c1)c(=O)n(C)c(=O)n2C. The number of rotatable bonds is 4. The highest BCUT2D eigenvalue weighted by atomic mass is 32.2. The minimum atomic E-state index is -3.88. The fourth-order valence-corrected chi connectivity index (χ4v) is 4.73. The van der Waals surface area contributed by atoms with Crippen molar-refractivity contribution in [1.82, 2.24) is 9.13 Å². The summed E-state index contributed by atoms with van der Waals surface area (Å²) in [5.74, 6) is 0. The summed E-state index contributed by atoms with van der Waals surface area (Å²) in [4.78, 5) is 24.6. The Morgan fingerprint density at radius 1 is 0.929 bits per heavy atom. The van der Waals surface area contributed by atoms with Gasteiger partial charge in [-0.15, -0.1) is 0 Å². The Hall–Kier alpha value is -2.87. The summed E-state index contributed by atoms with van der Waals surface area (Å²) in [6.07, 6.45) is 0. The van der Waals surface area contributed by atoms with E-state index in [9.17, 15) is 18.0 Å². The zero-order valence-corrected chi connectivity index (χ0v) is 17.4. The van der Waals surface area contributed by atoms with Crippen LogP contribution in [0.25, 0.3) is 10.9 Å². The summed E-state index contributed by atoms with van der Waals surface area (Å²) in [5.41, 5.74) is 2.05. The molecule has 1 heterocycles. The van der Waals surface area contributed by atoms with Crippen LogP contribution in [0.15, 0.2) is 50.9 Å². The Kier molecular flexibility index (Phi) is 4.93. The van der Waals surface area contributed by atoms with Gasteiger partial charge in [-0.1, -0.05) is 6.07 Å². The molecule has 0 aliphatic rings. The van der Waals surface area contributed by atoms with Crippen LogP contribution in [0.4, 0.5) is 5.69 Å². The normalized spacial score (nSPS) is 11.8. The third-order valence-electron chi connectivity index (χ3n) is 5.09. The Morgan fingerprint density at radius 2 is 1.61 bits per heavy atom. The van der Waals surface area contributed by atoms with Crippen molar-refractivity contribution in [3.63, 3.8) is 0 Å². The lowest BCUT2D eigenvalue weighted by Gasteiger charge is -2.24. The molecule has 0 amide bonds. The van der Waals surface area contributed by atoms with Gasteiger partial charge in [0, 0.05) is 20.6 Å². The minimum Gasteiger partial charge on any atom is -0.296 e. The summed E-state index contributed by atoms with van der Waals surface area (Å²) in [7, 11) is -0.959. The highest BCUT2D eigenvalue weighted by Crippen LogP contribution is 2.26. The Labute approximate surface area is 163 Å². The number of nitrogens with zero attached hydrogens (tertiary/aromatic N) is 3. The summed E-state index contributed by atoms with van der Waals surface area (Å²) in [6, 6.07) is 9.76. The number of hydrogen-bond acceptors (Lipinski definition) is 4. The van der Waals surface area contributed by atoms with Gasteiger partial charge in [0.05, 0.1) is 21.5 Å². The zero-order valence-electron chi connectivity index (χ0n) is 16.6. The van der Waals surface area contributed by atoms with Crippen LogP contribution in [-0.2, 0) is 24.1 Å². The van der Waals surface area contributed by atoms with Crippen molar-refractivity contribution in [2.45, 2.75) is 25.7 Å². The molecule has 0 fully saturated rings. The second kappa shape index (κ2) is 6.94. The van der Waals surface area contributed by atoms with Gasteiger partial charge in [-0.05, 0) is 62.2 Å². The molecule has 3 aromatic rings. The maximum atomic E-state index is 13.3. The number of benzene rings is 2. The van der Waals surface area contributed by atoms with Crippen molar-refractivity contribution in [3.8, 4) is 0 Å². The molecule has 0 radical (unpaired) electrons. The van der Waals surface area contributed by atoms with Gasteiger partial charge < -0.3 is 0 Å². The van der Waals surface area contributed by atoms with Crippen molar-refractivity contribution in [1.29, 1.82) is 0 Å². The largest absolute Gasteiger partial charge is 0.330 e. The second-order valence-corrected chi connectivity index (χ2v) is 8.69. The smallest absolute Gasteiger partial charge is 0.296 e. The fraction of sp³-hybridized carbons (Fsp3) is 0.300. The van der Waals surface area contributed by atoms with E-state index in [1.54, 1.807) is 20.0 Å². The standard InChI is InChI=1S/C20H23N3O4S/c1-6-23(15-8-7-13(2)14(3)11-15)28(26,27)16-9-10-18-17(12-16)19(24)22(5)20(25)21(18)4/h7-12H,6H2,1-5H3. The van der Waals surface area contributed by atoms with Gasteiger partial charge in [0.15, 0.2) is 0 Å². The van der Waals surface area contributed by atoms with Crippen LogP contribution in [0.2, 0.25) is 0 Å². The van der Waals surface area contributed by atoms with E-state index in [1.165, 1.54) is 34.1 Å². The lowest BCUT2D eigenvalue weighted by molar-refractivity contribution is 0.592. The first kappa shape index (κ1) is 19.9. The van der Waals surface area contributed by atoms with Crippen LogP contribution >= 0.6 is 0 Å². The Balaban J connectivity index is 2.23. The molecule has 0 aliphatic heterocycles. The first-order chi connectivity index (χ1) is 13.1. The molecule has 7 nitrogen and oxygen atoms in total. The van der Waals surface area contributed by atoms with Gasteiger partial charge in [-0.3, -0.25) is 18.2 Å². The van der Waals surface area contributed by atoms with Gasteiger partial charge in [-0.2, -0.15) is 0 Å². The molecule has 0 saturated heterocycles. The van der Waals surface area contributed by atoms with Gasteiger partial charge in [0.1, 0.15) is 0 Å². The van der Waals surface area contributed by atoms with Crippen molar-refractivity contribution < 1.29 is 8.42 Å².